The Morgan fingerprint density at radius 1 is 0.443 bits per heavy atom. The van der Waals surface area contributed by atoms with E-state index in [2.05, 4.69) is 123 Å². The predicted octanol–water partition coefficient (Wildman–Crippen LogP) is 14.6. The molecule has 0 aliphatic heterocycles. The molecule has 0 aliphatic rings. The number of ether oxygens (including phenoxy) is 4. The quantitative estimate of drug-likeness (QED) is 0.0195. The molecule has 0 fully saturated rings. The standard InChI is InChI=1S/C61H101NO8/c1-6-8-10-12-14-16-18-20-22-24-26-27-28-29-30-31-32-33-34-36-38-40-42-44-46-48-50-52-59(64)70-57(56-69-61(60(65)66)67-54-53-62(3,4)5)55-68-58(63)51-49-47-45-43-41-39-37-35-25-23-21-19-17-15-13-11-9-7-2/h8,10,14,16-17,19-20,22-23,25-27,29-30,32-33,36,38,57,61H,6-7,9,11-13,15,18,21,24,28,31,34-35,37,39-56H2,1-5H3/b10-8-,16-14-,19-17-,22-20-,25-23-,27-26-,30-29-,33-32-,38-36-. The van der Waals surface area contributed by atoms with Gasteiger partial charge >= 0.3 is 11.9 Å². The molecule has 398 valence electrons. The zero-order valence-electron chi connectivity index (χ0n) is 45.1. The first-order valence-corrected chi connectivity index (χ1v) is 27.5. The second kappa shape index (κ2) is 51.3. The number of aliphatic carboxylic acids is 1. The van der Waals surface area contributed by atoms with Gasteiger partial charge in [-0.2, -0.15) is 0 Å². The summed E-state index contributed by atoms with van der Waals surface area (Å²) >= 11 is 0. The molecule has 9 heteroatoms. The molecule has 0 spiro atoms. The van der Waals surface area contributed by atoms with Crippen molar-refractivity contribution in [1.82, 2.24) is 0 Å². The van der Waals surface area contributed by atoms with Crippen molar-refractivity contribution in [2.45, 2.75) is 212 Å². The van der Waals surface area contributed by atoms with E-state index in [4.69, 9.17) is 18.9 Å². The number of quaternary nitrogens is 1. The molecule has 0 amide bonds. The number of unbranched alkanes of at least 4 members (excludes halogenated alkanes) is 16. The average Bonchev–Trinajstić information content (AvgIpc) is 3.33. The zero-order chi connectivity index (χ0) is 51.3. The van der Waals surface area contributed by atoms with Gasteiger partial charge in [0, 0.05) is 12.8 Å². The third-order valence-corrected chi connectivity index (χ3v) is 11.3. The van der Waals surface area contributed by atoms with Crippen LogP contribution in [0.25, 0.3) is 0 Å². The summed E-state index contributed by atoms with van der Waals surface area (Å²) in [6.45, 7) is 4.57. The number of carboxylic acid groups (broad SMARTS) is 1. The Kier molecular flexibility index (Phi) is 48.3. The third-order valence-electron chi connectivity index (χ3n) is 11.3. The van der Waals surface area contributed by atoms with Crippen LogP contribution >= 0.6 is 0 Å². The zero-order valence-corrected chi connectivity index (χ0v) is 45.1. The SMILES string of the molecule is CC/C=C\C/C=C\C/C=C\C/C=C\C/C=C\C/C=C\C/C=C\CCCCCCCC(=O)OC(COC(=O)CCCCCCCCC/C=C\C/C=C\CCCCCC)COC(OCC[N+](C)(C)C)C(=O)[O-]. The molecule has 0 saturated heterocycles. The molecule has 0 saturated carbocycles. The van der Waals surface area contributed by atoms with Crippen molar-refractivity contribution in [3.63, 3.8) is 0 Å². The van der Waals surface area contributed by atoms with Gasteiger partial charge in [0.1, 0.15) is 13.2 Å². The first-order chi connectivity index (χ1) is 34.1. The Morgan fingerprint density at radius 3 is 1.21 bits per heavy atom. The van der Waals surface area contributed by atoms with Gasteiger partial charge in [0.05, 0.1) is 40.3 Å². The molecule has 2 atom stereocenters. The smallest absolute Gasteiger partial charge is 0.306 e. The highest BCUT2D eigenvalue weighted by molar-refractivity contribution is 5.70. The molecule has 0 aromatic rings. The third kappa shape index (κ3) is 51.8. The van der Waals surface area contributed by atoms with Gasteiger partial charge in [-0.25, -0.2) is 0 Å². The number of carbonyl (C=O) groups is 3. The Labute approximate surface area is 428 Å². The molecule has 0 radical (unpaired) electrons. The van der Waals surface area contributed by atoms with Crippen LogP contribution in [0.5, 0.6) is 0 Å². The second-order valence-corrected chi connectivity index (χ2v) is 19.1. The van der Waals surface area contributed by atoms with Crippen molar-refractivity contribution in [3.05, 3.63) is 109 Å². The van der Waals surface area contributed by atoms with Crippen LogP contribution in [0.1, 0.15) is 200 Å². The van der Waals surface area contributed by atoms with Gasteiger partial charge in [-0.1, -0.05) is 194 Å². The second-order valence-electron chi connectivity index (χ2n) is 19.1. The Bertz CT molecular complexity index is 1510. The summed E-state index contributed by atoms with van der Waals surface area (Å²) in [4.78, 5) is 37.2. The number of allylic oxidation sites excluding steroid dienone is 18. The van der Waals surface area contributed by atoms with Gasteiger partial charge in [0.25, 0.3) is 0 Å². The van der Waals surface area contributed by atoms with Gasteiger partial charge in [-0.15, -0.1) is 0 Å². The summed E-state index contributed by atoms with van der Waals surface area (Å²) in [5, 5.41) is 11.8. The number of carboxylic acids is 1. The van der Waals surface area contributed by atoms with E-state index >= 15 is 0 Å². The van der Waals surface area contributed by atoms with Gasteiger partial charge < -0.3 is 33.3 Å². The van der Waals surface area contributed by atoms with Crippen molar-refractivity contribution < 1.29 is 42.9 Å². The first kappa shape index (κ1) is 66.0. The summed E-state index contributed by atoms with van der Waals surface area (Å²) in [6, 6.07) is 0. The molecule has 0 heterocycles. The van der Waals surface area contributed by atoms with E-state index < -0.39 is 24.3 Å². The molecule has 70 heavy (non-hydrogen) atoms. The van der Waals surface area contributed by atoms with E-state index in [1.54, 1.807) is 0 Å². The van der Waals surface area contributed by atoms with Crippen LogP contribution < -0.4 is 5.11 Å². The normalized spacial score (nSPS) is 13.7. The van der Waals surface area contributed by atoms with Crippen molar-refractivity contribution in [2.75, 3.05) is 47.5 Å². The molecule has 0 aliphatic carbocycles. The van der Waals surface area contributed by atoms with E-state index in [9.17, 15) is 19.5 Å². The minimum Gasteiger partial charge on any atom is -0.545 e. The van der Waals surface area contributed by atoms with Gasteiger partial charge in [-0.05, 0) is 103 Å². The summed E-state index contributed by atoms with van der Waals surface area (Å²) in [5.74, 6) is -2.33. The maximum Gasteiger partial charge on any atom is 0.306 e. The molecular weight excluding hydrogens is 875 g/mol. The molecule has 0 aromatic heterocycles. The number of esters is 2. The summed E-state index contributed by atoms with van der Waals surface area (Å²) in [5.41, 5.74) is 0. The maximum absolute atomic E-state index is 12.8. The molecule has 0 aromatic carbocycles. The van der Waals surface area contributed by atoms with Crippen LogP contribution in [-0.4, -0.2) is 82.3 Å². The Hall–Kier alpha value is -4.05. The van der Waals surface area contributed by atoms with E-state index in [0.717, 1.165) is 116 Å². The van der Waals surface area contributed by atoms with Crippen LogP contribution in [-0.2, 0) is 33.3 Å². The lowest BCUT2D eigenvalue weighted by molar-refractivity contribution is -0.870. The number of hydrogen-bond donors (Lipinski definition) is 0. The molecule has 0 bridgehead atoms. The summed E-state index contributed by atoms with van der Waals surface area (Å²) in [7, 11) is 5.90. The number of carbonyl (C=O) groups excluding carboxylic acids is 3. The Balaban J connectivity index is 4.38. The molecule has 2 unspecified atom stereocenters. The fourth-order valence-corrected chi connectivity index (χ4v) is 7.02. The lowest BCUT2D eigenvalue weighted by Crippen LogP contribution is -2.44. The van der Waals surface area contributed by atoms with Crippen molar-refractivity contribution in [2.24, 2.45) is 0 Å². The average molecular weight is 976 g/mol. The lowest BCUT2D eigenvalue weighted by atomic mass is 10.1. The summed E-state index contributed by atoms with van der Waals surface area (Å²) < 4.78 is 22.6. The van der Waals surface area contributed by atoms with E-state index in [1.807, 2.05) is 21.1 Å². The molecule has 9 nitrogen and oxygen atoms in total. The van der Waals surface area contributed by atoms with E-state index in [-0.39, 0.29) is 38.6 Å². The van der Waals surface area contributed by atoms with Crippen molar-refractivity contribution in [1.29, 1.82) is 0 Å². The van der Waals surface area contributed by atoms with Crippen LogP contribution in [0.4, 0.5) is 0 Å². The predicted molar refractivity (Wildman–Crippen MR) is 292 cm³/mol. The highest BCUT2D eigenvalue weighted by Crippen LogP contribution is 2.13. The van der Waals surface area contributed by atoms with Crippen LogP contribution in [0.2, 0.25) is 0 Å². The molecular formula is C61H101NO8. The monoisotopic (exact) mass is 976 g/mol. The fraction of sp³-hybridized carbons (Fsp3) is 0.656. The number of likely N-dealkylation sites (N-methyl/N-ethyl adjacent to an activating group) is 1. The molecule has 0 rings (SSSR count). The van der Waals surface area contributed by atoms with Crippen molar-refractivity contribution >= 4 is 17.9 Å². The number of nitrogens with zero attached hydrogens (tertiary/aromatic N) is 1. The van der Waals surface area contributed by atoms with E-state index in [1.165, 1.54) is 51.4 Å². The van der Waals surface area contributed by atoms with Crippen LogP contribution in [0, 0.1) is 0 Å². The van der Waals surface area contributed by atoms with Crippen molar-refractivity contribution in [3.8, 4) is 0 Å². The van der Waals surface area contributed by atoms with Gasteiger partial charge in [0.15, 0.2) is 12.4 Å². The van der Waals surface area contributed by atoms with Gasteiger partial charge in [0.2, 0.25) is 0 Å². The topological polar surface area (TPSA) is 111 Å². The largest absolute Gasteiger partial charge is 0.545 e. The first-order valence-electron chi connectivity index (χ1n) is 27.5. The minimum atomic E-state index is -1.64. The van der Waals surface area contributed by atoms with Gasteiger partial charge in [-0.3, -0.25) is 9.59 Å². The lowest BCUT2D eigenvalue weighted by Gasteiger charge is -2.26. The highest BCUT2D eigenvalue weighted by atomic mass is 16.7. The van der Waals surface area contributed by atoms with Crippen LogP contribution in [0.15, 0.2) is 109 Å². The summed E-state index contributed by atoms with van der Waals surface area (Å²) in [6.07, 6.45) is 66.9. The molecule has 0 N–H and O–H groups in total. The minimum absolute atomic E-state index is 0.136. The maximum atomic E-state index is 12.8. The number of rotatable bonds is 49. The number of hydrogen-bond acceptors (Lipinski definition) is 8. The van der Waals surface area contributed by atoms with Crippen LogP contribution in [0.3, 0.4) is 0 Å². The van der Waals surface area contributed by atoms with E-state index in [0.29, 0.717) is 17.4 Å². The Morgan fingerprint density at radius 2 is 0.814 bits per heavy atom. The highest BCUT2D eigenvalue weighted by Gasteiger charge is 2.22. The fourth-order valence-electron chi connectivity index (χ4n) is 7.02.